The van der Waals surface area contributed by atoms with Crippen LogP contribution in [0.5, 0.6) is 0 Å². The number of hydrogen-bond donors (Lipinski definition) is 0. The van der Waals surface area contributed by atoms with Crippen molar-refractivity contribution in [3.8, 4) is 0 Å². The molecule has 1 saturated carbocycles. The molecule has 0 radical (unpaired) electrons. The Kier molecular flexibility index (Phi) is 3.06. The largest absolute Gasteiger partial charge is 0.464 e. The highest BCUT2D eigenvalue weighted by atomic mass is 16.6. The van der Waals surface area contributed by atoms with Crippen LogP contribution in [0.15, 0.2) is 0 Å². The Morgan fingerprint density at radius 3 is 2.71 bits per heavy atom. The van der Waals surface area contributed by atoms with E-state index in [4.69, 9.17) is 9.47 Å². The maximum Gasteiger partial charge on any atom is 0.338 e. The Balaban J connectivity index is 1.77. The van der Waals surface area contributed by atoms with Crippen LogP contribution in [0, 0.1) is 5.92 Å². The van der Waals surface area contributed by atoms with Crippen molar-refractivity contribution in [2.45, 2.75) is 51.2 Å². The van der Waals surface area contributed by atoms with E-state index in [9.17, 15) is 4.79 Å². The van der Waals surface area contributed by atoms with Crippen molar-refractivity contribution in [1.82, 2.24) is 0 Å². The molecule has 1 saturated heterocycles. The van der Waals surface area contributed by atoms with Crippen LogP contribution < -0.4 is 0 Å². The first-order valence-corrected chi connectivity index (χ1v) is 5.65. The molecule has 1 heterocycles. The van der Waals surface area contributed by atoms with E-state index in [0.717, 1.165) is 0 Å². The molecular weight excluding hydrogens is 180 g/mol. The molecule has 0 bridgehead atoms. The molecule has 0 aromatic rings. The van der Waals surface area contributed by atoms with Gasteiger partial charge in [-0.05, 0) is 25.7 Å². The van der Waals surface area contributed by atoms with E-state index in [0.29, 0.717) is 12.5 Å². The maximum atomic E-state index is 11.3. The number of carbonyl (C=O) groups excluding carboxylic acids is 1. The quantitative estimate of drug-likeness (QED) is 0.513. The van der Waals surface area contributed by atoms with Crippen molar-refractivity contribution < 1.29 is 14.3 Å². The van der Waals surface area contributed by atoms with E-state index in [-0.39, 0.29) is 18.2 Å². The molecule has 1 aliphatic heterocycles. The van der Waals surface area contributed by atoms with Gasteiger partial charge in [0.1, 0.15) is 0 Å². The molecule has 0 unspecified atom stereocenters. The van der Waals surface area contributed by atoms with Crippen LogP contribution in [0.25, 0.3) is 0 Å². The number of ether oxygens (including phenoxy) is 2. The Bertz CT molecular complexity index is 209. The summed E-state index contributed by atoms with van der Waals surface area (Å²) in [7, 11) is 0. The molecule has 2 aliphatic rings. The van der Waals surface area contributed by atoms with Gasteiger partial charge in [0.05, 0.1) is 12.7 Å². The van der Waals surface area contributed by atoms with Gasteiger partial charge in [-0.15, -0.1) is 0 Å². The molecule has 0 N–H and O–H groups in total. The predicted octanol–water partition coefficient (Wildman–Crippen LogP) is 1.90. The summed E-state index contributed by atoms with van der Waals surface area (Å²) in [6.45, 7) is 2.28. The summed E-state index contributed by atoms with van der Waals surface area (Å²) >= 11 is 0. The zero-order valence-electron chi connectivity index (χ0n) is 8.70. The Morgan fingerprint density at radius 2 is 2.07 bits per heavy atom. The average Bonchev–Trinajstić information content (AvgIpc) is 2.99. The van der Waals surface area contributed by atoms with Gasteiger partial charge in [0, 0.05) is 0 Å². The number of esters is 1. The lowest BCUT2D eigenvalue weighted by molar-refractivity contribution is -0.144. The van der Waals surface area contributed by atoms with Crippen molar-refractivity contribution in [2.75, 3.05) is 6.61 Å². The molecule has 14 heavy (non-hydrogen) atoms. The van der Waals surface area contributed by atoms with Crippen LogP contribution in [0.3, 0.4) is 0 Å². The van der Waals surface area contributed by atoms with Crippen LogP contribution in [0.4, 0.5) is 0 Å². The summed E-state index contributed by atoms with van der Waals surface area (Å²) in [6.07, 6.45) is 6.31. The van der Waals surface area contributed by atoms with Gasteiger partial charge in [0.15, 0.2) is 6.10 Å². The van der Waals surface area contributed by atoms with Crippen LogP contribution in [0.2, 0.25) is 0 Å². The molecular formula is C11H18O3. The van der Waals surface area contributed by atoms with Gasteiger partial charge in [-0.3, -0.25) is 0 Å². The van der Waals surface area contributed by atoms with E-state index < -0.39 is 0 Å². The van der Waals surface area contributed by atoms with Crippen LogP contribution in [-0.2, 0) is 14.3 Å². The van der Waals surface area contributed by atoms with Crippen molar-refractivity contribution >= 4 is 5.97 Å². The van der Waals surface area contributed by atoms with Crippen LogP contribution in [0.1, 0.15) is 39.0 Å². The van der Waals surface area contributed by atoms with Crippen LogP contribution >= 0.6 is 0 Å². The summed E-state index contributed by atoms with van der Waals surface area (Å²) in [5.41, 5.74) is 0. The molecule has 0 aromatic carbocycles. The van der Waals surface area contributed by atoms with E-state index in [1.807, 2.05) is 6.92 Å². The molecule has 0 amide bonds. The molecule has 2 fully saturated rings. The summed E-state index contributed by atoms with van der Waals surface area (Å²) in [5.74, 6) is 0.446. The van der Waals surface area contributed by atoms with Gasteiger partial charge in [-0.2, -0.15) is 0 Å². The van der Waals surface area contributed by atoms with E-state index >= 15 is 0 Å². The summed E-state index contributed by atoms with van der Waals surface area (Å²) < 4.78 is 10.3. The van der Waals surface area contributed by atoms with Crippen molar-refractivity contribution in [3.05, 3.63) is 0 Å². The maximum absolute atomic E-state index is 11.3. The molecule has 0 spiro atoms. The standard InChI is InChI=1S/C11H18O3/c1-2-13-11(12)10-9(14-10)8-6-4-3-5-7-8/h8-10H,2-7H2,1H3/t9-,10+/m0/s1. The lowest BCUT2D eigenvalue weighted by Gasteiger charge is -2.19. The van der Waals surface area contributed by atoms with Crippen molar-refractivity contribution in [3.63, 3.8) is 0 Å². The summed E-state index contributed by atoms with van der Waals surface area (Å²) in [5, 5.41) is 0. The Hall–Kier alpha value is -0.570. The Morgan fingerprint density at radius 1 is 1.36 bits per heavy atom. The highest BCUT2D eigenvalue weighted by molar-refractivity contribution is 5.78. The van der Waals surface area contributed by atoms with Crippen LogP contribution in [-0.4, -0.2) is 24.8 Å². The highest BCUT2D eigenvalue weighted by Gasteiger charge is 2.50. The molecule has 0 aromatic heterocycles. The fourth-order valence-corrected chi connectivity index (χ4v) is 2.36. The minimum absolute atomic E-state index is 0.164. The molecule has 1 aliphatic carbocycles. The first-order chi connectivity index (χ1) is 6.83. The van der Waals surface area contributed by atoms with Gasteiger partial charge in [0.25, 0.3) is 0 Å². The second kappa shape index (κ2) is 4.30. The topological polar surface area (TPSA) is 38.8 Å². The monoisotopic (exact) mass is 198 g/mol. The SMILES string of the molecule is CCOC(=O)[C@@H]1O[C@H]1C1CCCCC1. The molecule has 80 valence electrons. The third-order valence-electron chi connectivity index (χ3n) is 3.16. The van der Waals surface area contributed by atoms with Crippen molar-refractivity contribution in [1.29, 1.82) is 0 Å². The normalized spacial score (nSPS) is 32.6. The Labute approximate surface area is 84.8 Å². The van der Waals surface area contributed by atoms with Gasteiger partial charge in [-0.1, -0.05) is 19.3 Å². The predicted molar refractivity (Wildman–Crippen MR) is 51.9 cm³/mol. The fraction of sp³-hybridized carbons (Fsp3) is 0.909. The third-order valence-corrected chi connectivity index (χ3v) is 3.16. The third kappa shape index (κ3) is 2.08. The number of rotatable bonds is 3. The number of carbonyl (C=O) groups is 1. The van der Waals surface area contributed by atoms with E-state index in [2.05, 4.69) is 0 Å². The number of epoxide rings is 1. The summed E-state index contributed by atoms with van der Waals surface area (Å²) in [4.78, 5) is 11.3. The smallest absolute Gasteiger partial charge is 0.338 e. The second-order valence-electron chi connectivity index (χ2n) is 4.17. The zero-order chi connectivity index (χ0) is 9.97. The van der Waals surface area contributed by atoms with Gasteiger partial charge in [0.2, 0.25) is 0 Å². The first kappa shape index (κ1) is 9.97. The lowest BCUT2D eigenvalue weighted by Crippen LogP contribution is -2.20. The van der Waals surface area contributed by atoms with Gasteiger partial charge in [-0.25, -0.2) is 4.79 Å². The van der Waals surface area contributed by atoms with Crippen molar-refractivity contribution in [2.24, 2.45) is 5.92 Å². The highest BCUT2D eigenvalue weighted by Crippen LogP contribution is 2.38. The molecule has 2 rings (SSSR count). The average molecular weight is 198 g/mol. The fourth-order valence-electron chi connectivity index (χ4n) is 2.36. The second-order valence-corrected chi connectivity index (χ2v) is 4.17. The zero-order valence-corrected chi connectivity index (χ0v) is 8.70. The van der Waals surface area contributed by atoms with Gasteiger partial charge < -0.3 is 9.47 Å². The number of hydrogen-bond acceptors (Lipinski definition) is 3. The minimum Gasteiger partial charge on any atom is -0.464 e. The summed E-state index contributed by atoms with van der Waals surface area (Å²) in [6, 6.07) is 0. The lowest BCUT2D eigenvalue weighted by atomic mass is 9.86. The van der Waals surface area contributed by atoms with Gasteiger partial charge >= 0.3 is 5.97 Å². The molecule has 3 heteroatoms. The van der Waals surface area contributed by atoms with E-state index in [1.54, 1.807) is 0 Å². The molecule has 2 atom stereocenters. The first-order valence-electron chi connectivity index (χ1n) is 5.65. The molecule has 3 nitrogen and oxygen atoms in total. The minimum atomic E-state index is -0.238. The van der Waals surface area contributed by atoms with E-state index in [1.165, 1.54) is 32.1 Å².